The second kappa shape index (κ2) is 4.12. The first kappa shape index (κ1) is 10.9. The monoisotopic (exact) mass is 239 g/mol. The summed E-state index contributed by atoms with van der Waals surface area (Å²) in [5.74, 6) is -1.27. The molecule has 0 aliphatic heterocycles. The molecular weight excluding hydrogens is 230 g/mol. The van der Waals surface area contributed by atoms with E-state index < -0.39 is 23.4 Å². The predicted molar refractivity (Wildman–Crippen MR) is 54.6 cm³/mol. The maximum absolute atomic E-state index is 11.3. The zero-order valence-corrected chi connectivity index (χ0v) is 8.51. The van der Waals surface area contributed by atoms with E-state index in [0.717, 1.165) is 0 Å². The van der Waals surface area contributed by atoms with Crippen LogP contribution in [-0.2, 0) is 11.2 Å². The summed E-state index contributed by atoms with van der Waals surface area (Å²) >= 11 is 0. The highest BCUT2D eigenvalue weighted by atomic mass is 16.4. The minimum Gasteiger partial charge on any atom is -0.480 e. The Morgan fingerprint density at radius 3 is 2.53 bits per heavy atom. The van der Waals surface area contributed by atoms with Crippen LogP contribution in [0.3, 0.4) is 0 Å². The van der Waals surface area contributed by atoms with Crippen molar-refractivity contribution in [3.05, 3.63) is 39.2 Å². The van der Waals surface area contributed by atoms with E-state index in [0.29, 0.717) is 10.3 Å². The highest BCUT2D eigenvalue weighted by molar-refractivity contribution is 5.72. The number of nitrogens with zero attached hydrogens (tertiary/aromatic N) is 2. The van der Waals surface area contributed by atoms with Gasteiger partial charge >= 0.3 is 17.3 Å². The molecule has 0 aromatic carbocycles. The van der Waals surface area contributed by atoms with Gasteiger partial charge in [-0.2, -0.15) is 0 Å². The van der Waals surface area contributed by atoms with Gasteiger partial charge in [-0.1, -0.05) is 0 Å². The minimum atomic E-state index is -1.28. The number of aromatic amines is 3. The van der Waals surface area contributed by atoms with Crippen molar-refractivity contribution in [3.8, 4) is 0 Å². The molecule has 9 heteroatoms. The molecule has 1 unspecified atom stereocenters. The summed E-state index contributed by atoms with van der Waals surface area (Å²) in [5.41, 5.74) is -1.06. The number of nitrogens with one attached hydrogen (secondary N) is 3. The molecule has 9 nitrogen and oxygen atoms in total. The molecule has 2 rings (SSSR count). The van der Waals surface area contributed by atoms with Crippen LogP contribution in [0.4, 0.5) is 0 Å². The summed E-state index contributed by atoms with van der Waals surface area (Å²) in [4.78, 5) is 40.1. The van der Waals surface area contributed by atoms with Crippen molar-refractivity contribution in [3.63, 3.8) is 0 Å². The van der Waals surface area contributed by atoms with Crippen molar-refractivity contribution in [1.82, 2.24) is 24.7 Å². The van der Waals surface area contributed by atoms with E-state index >= 15 is 0 Å². The highest BCUT2D eigenvalue weighted by Crippen LogP contribution is 2.08. The van der Waals surface area contributed by atoms with Gasteiger partial charge in [-0.25, -0.2) is 34.1 Å². The molecule has 4 N–H and O–H groups in total. The summed E-state index contributed by atoms with van der Waals surface area (Å²) in [6, 6.07) is -1.28. The van der Waals surface area contributed by atoms with Gasteiger partial charge in [0, 0.05) is 18.3 Å². The average molecular weight is 239 g/mol. The van der Waals surface area contributed by atoms with E-state index in [9.17, 15) is 14.4 Å². The van der Waals surface area contributed by atoms with E-state index in [4.69, 9.17) is 5.11 Å². The van der Waals surface area contributed by atoms with E-state index in [1.807, 2.05) is 10.2 Å². The lowest BCUT2D eigenvalue weighted by molar-refractivity contribution is -0.141. The Labute approximate surface area is 93.1 Å². The number of H-pyrrole nitrogens is 3. The number of hydrogen-bond donors (Lipinski definition) is 4. The predicted octanol–water partition coefficient (Wildman–Crippen LogP) is -1.54. The van der Waals surface area contributed by atoms with Crippen molar-refractivity contribution in [1.29, 1.82) is 0 Å². The number of imidazole rings is 1. The first-order valence-corrected chi connectivity index (χ1v) is 4.69. The number of hydrogen-bond acceptors (Lipinski definition) is 4. The zero-order valence-electron chi connectivity index (χ0n) is 8.51. The Balaban J connectivity index is 2.40. The Morgan fingerprint density at radius 2 is 2.06 bits per heavy atom. The van der Waals surface area contributed by atoms with Gasteiger partial charge in [0.1, 0.15) is 6.04 Å². The quantitative estimate of drug-likeness (QED) is 0.512. The van der Waals surface area contributed by atoms with Crippen LogP contribution in [0.15, 0.2) is 22.1 Å². The molecule has 1 atom stereocenters. The summed E-state index contributed by atoms with van der Waals surface area (Å²) in [5, 5.41) is 13.1. The lowest BCUT2D eigenvalue weighted by Gasteiger charge is -2.09. The maximum Gasteiger partial charge on any atom is 0.345 e. The minimum absolute atomic E-state index is 0.0316. The van der Waals surface area contributed by atoms with Crippen LogP contribution in [-0.4, -0.2) is 35.8 Å². The van der Waals surface area contributed by atoms with Crippen molar-refractivity contribution >= 4 is 5.97 Å². The van der Waals surface area contributed by atoms with E-state index in [2.05, 4.69) is 9.97 Å². The third-order valence-corrected chi connectivity index (χ3v) is 2.28. The van der Waals surface area contributed by atoms with Gasteiger partial charge in [-0.3, -0.25) is 0 Å². The Bertz CT molecular complexity index is 591. The average Bonchev–Trinajstić information content (AvgIpc) is 2.87. The molecule has 2 aromatic heterocycles. The number of aliphatic carboxylic acids is 1. The fraction of sp³-hybridized carbons (Fsp3) is 0.250. The third kappa shape index (κ3) is 2.02. The molecular formula is C8H9N5O4. The van der Waals surface area contributed by atoms with E-state index in [1.54, 1.807) is 0 Å². The second-order valence-corrected chi connectivity index (χ2v) is 3.37. The second-order valence-electron chi connectivity index (χ2n) is 3.37. The fourth-order valence-electron chi connectivity index (χ4n) is 1.50. The van der Waals surface area contributed by atoms with Gasteiger partial charge in [0.25, 0.3) is 0 Å². The van der Waals surface area contributed by atoms with Gasteiger partial charge < -0.3 is 10.1 Å². The molecule has 2 heterocycles. The normalized spacial score (nSPS) is 12.5. The summed E-state index contributed by atoms with van der Waals surface area (Å²) in [6.45, 7) is 0. The molecule has 0 aliphatic carbocycles. The molecule has 0 radical (unpaired) electrons. The molecule has 17 heavy (non-hydrogen) atoms. The van der Waals surface area contributed by atoms with Crippen LogP contribution < -0.4 is 11.4 Å². The number of carboxylic acid groups (broad SMARTS) is 1. The van der Waals surface area contributed by atoms with Crippen molar-refractivity contribution in [2.24, 2.45) is 0 Å². The molecule has 0 saturated carbocycles. The molecule has 90 valence electrons. The maximum atomic E-state index is 11.3. The Kier molecular flexibility index (Phi) is 2.65. The van der Waals surface area contributed by atoms with Crippen LogP contribution in [0.25, 0.3) is 0 Å². The lowest BCUT2D eigenvalue weighted by Crippen LogP contribution is -2.36. The van der Waals surface area contributed by atoms with Crippen LogP contribution in [0, 0.1) is 0 Å². The van der Waals surface area contributed by atoms with Crippen molar-refractivity contribution < 1.29 is 9.90 Å². The number of carboxylic acids is 1. The Hall–Kier alpha value is -2.58. The molecule has 0 aliphatic rings. The standard InChI is InChI=1S/C8H9N5O4/c14-6(15)5(1-4-2-9-3-10-4)13-7(16)11-12-8(13)17/h2-3,5H,1H2,(H,9,10)(H,11,16)(H,12,17)(H,14,15). The first-order chi connectivity index (χ1) is 8.09. The van der Waals surface area contributed by atoms with Crippen molar-refractivity contribution in [2.75, 3.05) is 0 Å². The number of aromatic nitrogens is 5. The summed E-state index contributed by atoms with van der Waals surface area (Å²) in [6.07, 6.45) is 2.79. The highest BCUT2D eigenvalue weighted by Gasteiger charge is 2.24. The van der Waals surface area contributed by atoms with Gasteiger partial charge in [0.05, 0.1) is 6.33 Å². The van der Waals surface area contributed by atoms with Crippen LogP contribution in [0.2, 0.25) is 0 Å². The summed E-state index contributed by atoms with van der Waals surface area (Å²) < 4.78 is 0.614. The molecule has 0 bridgehead atoms. The number of carbonyl (C=O) groups is 1. The molecule has 2 aromatic rings. The van der Waals surface area contributed by atoms with Crippen molar-refractivity contribution in [2.45, 2.75) is 12.5 Å². The third-order valence-electron chi connectivity index (χ3n) is 2.28. The zero-order chi connectivity index (χ0) is 12.4. The summed E-state index contributed by atoms with van der Waals surface area (Å²) in [7, 11) is 0. The first-order valence-electron chi connectivity index (χ1n) is 4.69. The number of rotatable bonds is 4. The molecule has 0 fully saturated rings. The molecule has 0 amide bonds. The van der Waals surface area contributed by atoms with Crippen LogP contribution >= 0.6 is 0 Å². The van der Waals surface area contributed by atoms with E-state index in [1.165, 1.54) is 12.5 Å². The van der Waals surface area contributed by atoms with Crippen LogP contribution in [0.5, 0.6) is 0 Å². The SMILES string of the molecule is O=C(O)C(Cc1cnc[nH]1)n1c(=O)[nH][nH]c1=O. The smallest absolute Gasteiger partial charge is 0.345 e. The van der Waals surface area contributed by atoms with Gasteiger partial charge in [0.15, 0.2) is 0 Å². The van der Waals surface area contributed by atoms with Gasteiger partial charge in [-0.05, 0) is 0 Å². The molecule has 0 saturated heterocycles. The largest absolute Gasteiger partial charge is 0.480 e. The topological polar surface area (TPSA) is 137 Å². The fourth-order valence-corrected chi connectivity index (χ4v) is 1.50. The van der Waals surface area contributed by atoms with Gasteiger partial charge in [-0.15, -0.1) is 0 Å². The lowest BCUT2D eigenvalue weighted by atomic mass is 10.1. The van der Waals surface area contributed by atoms with E-state index in [-0.39, 0.29) is 6.42 Å². The van der Waals surface area contributed by atoms with Crippen LogP contribution in [0.1, 0.15) is 11.7 Å². The Morgan fingerprint density at radius 1 is 1.41 bits per heavy atom. The molecule has 0 spiro atoms. The van der Waals surface area contributed by atoms with Gasteiger partial charge in [0.2, 0.25) is 0 Å².